The monoisotopic (exact) mass is 444 g/mol. The summed E-state index contributed by atoms with van der Waals surface area (Å²) in [5.41, 5.74) is 5.12. The Labute approximate surface area is 190 Å². The lowest BCUT2D eigenvalue weighted by Gasteiger charge is -2.37. The van der Waals surface area contributed by atoms with Crippen LogP contribution in [0.3, 0.4) is 0 Å². The van der Waals surface area contributed by atoms with Crippen LogP contribution >= 0.6 is 23.6 Å². The van der Waals surface area contributed by atoms with Crippen molar-refractivity contribution in [3.05, 3.63) is 94.8 Å². The summed E-state index contributed by atoms with van der Waals surface area (Å²) in [7, 11) is 0. The van der Waals surface area contributed by atoms with E-state index < -0.39 is 0 Å². The molecule has 0 amide bonds. The number of aryl methyl sites for hydroxylation is 1. The second-order valence-electron chi connectivity index (χ2n) is 7.37. The van der Waals surface area contributed by atoms with E-state index in [2.05, 4.69) is 54.7 Å². The zero-order chi connectivity index (χ0) is 21.4. The van der Waals surface area contributed by atoms with E-state index in [-0.39, 0.29) is 6.04 Å². The Bertz CT molecular complexity index is 1260. The molecule has 1 N–H and O–H groups in total. The fourth-order valence-corrected chi connectivity index (χ4v) is 4.84. The number of hydrogen-bond donors (Lipinski definition) is 1. The molecule has 5 rings (SSSR count). The summed E-state index contributed by atoms with van der Waals surface area (Å²) in [5, 5.41) is 10.4. The van der Waals surface area contributed by atoms with Crippen LogP contribution in [0.4, 0.5) is 5.69 Å². The number of nitrogens with zero attached hydrogens (tertiary/aromatic N) is 3. The van der Waals surface area contributed by atoms with E-state index in [0.29, 0.717) is 16.8 Å². The lowest BCUT2D eigenvalue weighted by molar-refractivity contribution is 0.404. The summed E-state index contributed by atoms with van der Waals surface area (Å²) in [6.07, 6.45) is 0. The predicted molar refractivity (Wildman–Crippen MR) is 129 cm³/mol. The second-order valence-corrected chi connectivity index (χ2v) is 8.70. The molecule has 3 heterocycles. The summed E-state index contributed by atoms with van der Waals surface area (Å²) in [6, 6.07) is 22.2. The maximum Gasteiger partial charge on any atom is 0.258 e. The van der Waals surface area contributed by atoms with Gasteiger partial charge in [0.15, 0.2) is 5.11 Å². The quantitative estimate of drug-likeness (QED) is 0.391. The average Bonchev–Trinajstić information content (AvgIpc) is 3.46. The van der Waals surface area contributed by atoms with Crippen molar-refractivity contribution in [3.8, 4) is 10.7 Å². The van der Waals surface area contributed by atoms with Crippen molar-refractivity contribution in [3.63, 3.8) is 0 Å². The van der Waals surface area contributed by atoms with E-state index in [1.54, 1.807) is 11.3 Å². The van der Waals surface area contributed by atoms with Gasteiger partial charge >= 0.3 is 0 Å². The summed E-state index contributed by atoms with van der Waals surface area (Å²) in [6.45, 7) is 4.12. The van der Waals surface area contributed by atoms with Crippen LogP contribution in [-0.2, 0) is 0 Å². The smallest absolute Gasteiger partial charge is 0.258 e. The van der Waals surface area contributed by atoms with Gasteiger partial charge < -0.3 is 9.84 Å². The normalized spacial score (nSPS) is 16.5. The minimum absolute atomic E-state index is 0.189. The van der Waals surface area contributed by atoms with Gasteiger partial charge in [0, 0.05) is 11.4 Å². The molecule has 4 aromatic rings. The van der Waals surface area contributed by atoms with Crippen LogP contribution < -0.4 is 10.2 Å². The third-order valence-electron chi connectivity index (χ3n) is 5.28. The van der Waals surface area contributed by atoms with Crippen molar-refractivity contribution >= 4 is 39.9 Å². The Balaban J connectivity index is 1.67. The Morgan fingerprint density at radius 2 is 1.87 bits per heavy atom. The Hall–Kier alpha value is -3.29. The average molecular weight is 445 g/mol. The standard InChI is InChI=1S/C24H20N4OS2/c1-15-8-6-11-18(14-15)28-16(2)20(21(25-24(28)30)17-9-4-3-5-10-17)23-26-22(27-29-23)19-12-7-13-31-19/h3-14,21H,1-2H3,(H,25,30). The maximum atomic E-state index is 5.80. The highest BCUT2D eigenvalue weighted by molar-refractivity contribution is 7.80. The highest BCUT2D eigenvalue weighted by Gasteiger charge is 2.34. The minimum atomic E-state index is -0.189. The molecule has 7 heteroatoms. The summed E-state index contributed by atoms with van der Waals surface area (Å²) in [5.74, 6) is 1.08. The first-order valence-electron chi connectivity index (χ1n) is 9.93. The molecule has 31 heavy (non-hydrogen) atoms. The van der Waals surface area contributed by atoms with Crippen molar-refractivity contribution in [2.45, 2.75) is 19.9 Å². The number of thiophene rings is 1. The van der Waals surface area contributed by atoms with E-state index in [4.69, 9.17) is 21.7 Å². The van der Waals surface area contributed by atoms with Gasteiger partial charge in [-0.3, -0.25) is 4.90 Å². The molecule has 0 saturated carbocycles. The van der Waals surface area contributed by atoms with Crippen LogP contribution in [-0.4, -0.2) is 15.3 Å². The number of nitrogens with one attached hydrogen (secondary N) is 1. The first-order valence-corrected chi connectivity index (χ1v) is 11.2. The van der Waals surface area contributed by atoms with Crippen LogP contribution in [0.15, 0.2) is 82.3 Å². The molecule has 2 aromatic carbocycles. The first kappa shape index (κ1) is 19.7. The van der Waals surface area contributed by atoms with Crippen LogP contribution in [0.2, 0.25) is 0 Å². The number of thiocarbonyl (C=S) groups is 1. The minimum Gasteiger partial charge on any atom is -0.351 e. The van der Waals surface area contributed by atoms with Gasteiger partial charge in [0.05, 0.1) is 16.5 Å². The lowest BCUT2D eigenvalue weighted by Crippen LogP contribution is -2.46. The molecule has 0 aliphatic carbocycles. The van der Waals surface area contributed by atoms with Crippen LogP contribution in [0.5, 0.6) is 0 Å². The molecule has 0 bridgehead atoms. The van der Waals surface area contributed by atoms with Crippen molar-refractivity contribution in [1.82, 2.24) is 15.5 Å². The van der Waals surface area contributed by atoms with Crippen LogP contribution in [0.1, 0.15) is 30.0 Å². The van der Waals surface area contributed by atoms with Crippen LogP contribution in [0.25, 0.3) is 16.3 Å². The summed E-state index contributed by atoms with van der Waals surface area (Å²) in [4.78, 5) is 7.74. The number of anilines is 1. The van der Waals surface area contributed by atoms with Crippen LogP contribution in [0, 0.1) is 6.92 Å². The molecule has 1 unspecified atom stereocenters. The van der Waals surface area contributed by atoms with Gasteiger partial charge in [0.1, 0.15) is 0 Å². The molecular weight excluding hydrogens is 424 g/mol. The number of benzene rings is 2. The van der Waals surface area contributed by atoms with Gasteiger partial charge in [-0.2, -0.15) is 4.98 Å². The zero-order valence-corrected chi connectivity index (χ0v) is 18.7. The molecule has 5 nitrogen and oxygen atoms in total. The third kappa shape index (κ3) is 3.66. The highest BCUT2D eigenvalue weighted by atomic mass is 32.1. The number of hydrogen-bond acceptors (Lipinski definition) is 5. The maximum absolute atomic E-state index is 5.80. The molecule has 0 radical (unpaired) electrons. The van der Waals surface area contributed by atoms with Gasteiger partial charge in [-0.25, -0.2) is 0 Å². The van der Waals surface area contributed by atoms with Crippen molar-refractivity contribution in [2.75, 3.05) is 4.90 Å². The molecule has 154 valence electrons. The largest absolute Gasteiger partial charge is 0.351 e. The molecule has 0 saturated heterocycles. The summed E-state index contributed by atoms with van der Waals surface area (Å²) < 4.78 is 5.77. The molecule has 2 aromatic heterocycles. The fourth-order valence-electron chi connectivity index (χ4n) is 3.83. The Morgan fingerprint density at radius 1 is 1.03 bits per heavy atom. The molecular formula is C24H20N4OS2. The van der Waals surface area contributed by atoms with E-state index in [9.17, 15) is 0 Å². The number of rotatable bonds is 4. The van der Waals surface area contributed by atoms with Gasteiger partial charge in [-0.05, 0) is 60.8 Å². The van der Waals surface area contributed by atoms with Gasteiger partial charge in [-0.1, -0.05) is 53.7 Å². The number of aromatic nitrogens is 2. The molecule has 1 aliphatic heterocycles. The topological polar surface area (TPSA) is 54.2 Å². The van der Waals surface area contributed by atoms with E-state index in [1.807, 2.05) is 46.7 Å². The Morgan fingerprint density at radius 3 is 2.61 bits per heavy atom. The van der Waals surface area contributed by atoms with Gasteiger partial charge in [0.25, 0.3) is 5.89 Å². The summed E-state index contributed by atoms with van der Waals surface area (Å²) >= 11 is 7.38. The number of allylic oxidation sites excluding steroid dienone is 1. The zero-order valence-electron chi connectivity index (χ0n) is 17.1. The van der Waals surface area contributed by atoms with Gasteiger partial charge in [0.2, 0.25) is 5.82 Å². The first-order chi connectivity index (χ1) is 15.1. The van der Waals surface area contributed by atoms with E-state index >= 15 is 0 Å². The van der Waals surface area contributed by atoms with Crippen molar-refractivity contribution in [2.24, 2.45) is 0 Å². The van der Waals surface area contributed by atoms with Crippen molar-refractivity contribution < 1.29 is 4.52 Å². The molecule has 1 aliphatic rings. The van der Waals surface area contributed by atoms with Gasteiger partial charge in [-0.15, -0.1) is 11.3 Å². The third-order valence-corrected chi connectivity index (χ3v) is 6.44. The van der Waals surface area contributed by atoms with E-state index in [1.165, 1.54) is 0 Å². The Kier molecular flexibility index (Phi) is 5.13. The highest BCUT2D eigenvalue weighted by Crippen LogP contribution is 2.39. The molecule has 0 fully saturated rings. The molecule has 0 spiro atoms. The predicted octanol–water partition coefficient (Wildman–Crippen LogP) is 5.97. The van der Waals surface area contributed by atoms with Crippen molar-refractivity contribution in [1.29, 1.82) is 0 Å². The second kappa shape index (κ2) is 8.09. The fraction of sp³-hybridized carbons (Fsp3) is 0.125. The lowest BCUT2D eigenvalue weighted by atomic mass is 9.94. The SMILES string of the molecule is CC1=C(c2nc(-c3cccs3)no2)C(c2ccccc2)NC(=S)N1c1cccc(C)c1. The molecule has 1 atom stereocenters. The van der Waals surface area contributed by atoms with E-state index in [0.717, 1.165) is 33.0 Å².